The van der Waals surface area contributed by atoms with Crippen LogP contribution in [0.3, 0.4) is 0 Å². The van der Waals surface area contributed by atoms with Crippen LogP contribution < -0.4 is 14.2 Å². The molecule has 214 valence electrons. The van der Waals surface area contributed by atoms with Gasteiger partial charge in [-0.2, -0.15) is 10.4 Å². The average molecular weight is 573 g/mol. The van der Waals surface area contributed by atoms with E-state index in [1.165, 1.54) is 0 Å². The summed E-state index contributed by atoms with van der Waals surface area (Å²) in [5, 5.41) is 14.8. The van der Waals surface area contributed by atoms with Crippen LogP contribution in [0.2, 0.25) is 0 Å². The van der Waals surface area contributed by atoms with Crippen LogP contribution in [-0.2, 0) is 16.1 Å². The van der Waals surface area contributed by atoms with E-state index >= 15 is 0 Å². The SMILES string of the molecule is CC1=C(C#N)C(=O)N(Cc2ccc3c(c2)OCO3)C(=O)/C1=C/c1cn(-c2ccccc2)nc1-c1ccc(OC(C)C)cc1. The molecule has 9 nitrogen and oxygen atoms in total. The van der Waals surface area contributed by atoms with Gasteiger partial charge in [-0.1, -0.05) is 24.3 Å². The van der Waals surface area contributed by atoms with Gasteiger partial charge in [0.25, 0.3) is 11.8 Å². The lowest BCUT2D eigenvalue weighted by atomic mass is 9.93. The van der Waals surface area contributed by atoms with Crippen molar-refractivity contribution in [1.29, 1.82) is 5.26 Å². The van der Waals surface area contributed by atoms with Crippen molar-refractivity contribution >= 4 is 17.9 Å². The van der Waals surface area contributed by atoms with Gasteiger partial charge in [-0.25, -0.2) is 4.68 Å². The summed E-state index contributed by atoms with van der Waals surface area (Å²) in [7, 11) is 0. The fraction of sp³-hybridized carbons (Fsp3) is 0.176. The molecule has 0 spiro atoms. The van der Waals surface area contributed by atoms with Crippen LogP contribution in [0.5, 0.6) is 17.2 Å². The molecule has 6 rings (SSSR count). The van der Waals surface area contributed by atoms with Gasteiger partial charge in [-0.3, -0.25) is 14.5 Å². The van der Waals surface area contributed by atoms with E-state index in [2.05, 4.69) is 0 Å². The third kappa shape index (κ3) is 5.38. The fourth-order valence-corrected chi connectivity index (χ4v) is 5.04. The highest BCUT2D eigenvalue weighted by atomic mass is 16.7. The van der Waals surface area contributed by atoms with Gasteiger partial charge in [0.1, 0.15) is 17.4 Å². The molecule has 2 aliphatic heterocycles. The molecule has 9 heteroatoms. The lowest BCUT2D eigenvalue weighted by molar-refractivity contribution is -0.141. The standard InChI is InChI=1S/C34H28N4O5/c1-21(2)43-27-12-10-24(11-13-27)32-25(19-38(36-32)26-7-5-4-6-8-26)16-28-22(3)29(17-35)34(40)37(33(28)39)18-23-9-14-30-31(15-23)42-20-41-30/h4-16,19,21H,18,20H2,1-3H3/b28-16+. The van der Waals surface area contributed by atoms with Gasteiger partial charge in [0.05, 0.1) is 24.0 Å². The second-order valence-electron chi connectivity index (χ2n) is 10.5. The second kappa shape index (κ2) is 11.3. The summed E-state index contributed by atoms with van der Waals surface area (Å²) >= 11 is 0. The predicted molar refractivity (Wildman–Crippen MR) is 159 cm³/mol. The van der Waals surface area contributed by atoms with Gasteiger partial charge in [-0.05, 0) is 86.5 Å². The summed E-state index contributed by atoms with van der Waals surface area (Å²) < 4.78 is 18.4. The summed E-state index contributed by atoms with van der Waals surface area (Å²) in [6, 6.07) is 24.5. The number of nitriles is 1. The molecule has 0 saturated heterocycles. The minimum absolute atomic E-state index is 0.0302. The van der Waals surface area contributed by atoms with Crippen LogP contribution >= 0.6 is 0 Å². The Labute approximate surface area is 248 Å². The van der Waals surface area contributed by atoms with E-state index in [1.807, 2.05) is 80.7 Å². The number of imide groups is 1. The van der Waals surface area contributed by atoms with Crippen molar-refractivity contribution in [2.75, 3.05) is 6.79 Å². The molecule has 4 aromatic rings. The molecule has 0 aliphatic carbocycles. The van der Waals surface area contributed by atoms with E-state index in [9.17, 15) is 14.9 Å². The van der Waals surface area contributed by atoms with Gasteiger partial charge in [0, 0.05) is 22.9 Å². The number of ether oxygens (including phenoxy) is 3. The Morgan fingerprint density at radius 2 is 1.74 bits per heavy atom. The Balaban J connectivity index is 1.43. The summed E-state index contributed by atoms with van der Waals surface area (Å²) in [4.78, 5) is 28.3. The zero-order chi connectivity index (χ0) is 30.1. The van der Waals surface area contributed by atoms with Crippen molar-refractivity contribution in [1.82, 2.24) is 14.7 Å². The lowest BCUT2D eigenvalue weighted by Gasteiger charge is -2.27. The maximum Gasteiger partial charge on any atom is 0.271 e. The monoisotopic (exact) mass is 572 g/mol. The summed E-state index contributed by atoms with van der Waals surface area (Å²) in [6.45, 7) is 5.63. The number of hydrogen-bond acceptors (Lipinski definition) is 7. The molecule has 1 aromatic heterocycles. The van der Waals surface area contributed by atoms with Crippen LogP contribution in [-0.4, -0.2) is 39.4 Å². The van der Waals surface area contributed by atoms with Crippen LogP contribution in [0, 0.1) is 11.3 Å². The summed E-state index contributed by atoms with van der Waals surface area (Å²) in [6.07, 6.45) is 3.57. The van der Waals surface area contributed by atoms with Gasteiger partial charge >= 0.3 is 0 Å². The Morgan fingerprint density at radius 3 is 2.47 bits per heavy atom. The molecule has 3 heterocycles. The molecule has 0 saturated carbocycles. The fourth-order valence-electron chi connectivity index (χ4n) is 5.04. The number of carbonyl (C=O) groups is 2. The number of nitrogens with zero attached hydrogens (tertiary/aromatic N) is 4. The molecule has 0 unspecified atom stereocenters. The van der Waals surface area contributed by atoms with Crippen molar-refractivity contribution in [2.24, 2.45) is 0 Å². The van der Waals surface area contributed by atoms with Gasteiger partial charge in [-0.15, -0.1) is 0 Å². The molecule has 0 bridgehead atoms. The number of rotatable bonds is 7. The number of carbonyl (C=O) groups excluding carboxylic acids is 2. The molecule has 2 amide bonds. The van der Waals surface area contributed by atoms with E-state index in [1.54, 1.807) is 35.9 Å². The largest absolute Gasteiger partial charge is 0.491 e. The number of benzene rings is 3. The molecule has 0 atom stereocenters. The smallest absolute Gasteiger partial charge is 0.271 e. The summed E-state index contributed by atoms with van der Waals surface area (Å²) in [5.41, 5.74) is 4.08. The van der Waals surface area contributed by atoms with Crippen molar-refractivity contribution in [3.8, 4) is 40.3 Å². The molecular formula is C34H28N4O5. The van der Waals surface area contributed by atoms with Crippen molar-refractivity contribution in [2.45, 2.75) is 33.4 Å². The first-order valence-corrected chi connectivity index (χ1v) is 13.8. The first-order chi connectivity index (χ1) is 20.8. The Bertz CT molecular complexity index is 1830. The summed E-state index contributed by atoms with van der Waals surface area (Å²) in [5.74, 6) is 0.735. The number of aromatic nitrogens is 2. The quantitative estimate of drug-likeness (QED) is 0.202. The molecule has 0 N–H and O–H groups in total. The topological polar surface area (TPSA) is 107 Å². The molecule has 0 radical (unpaired) electrons. The minimum Gasteiger partial charge on any atom is -0.491 e. The Morgan fingerprint density at radius 1 is 1.00 bits per heavy atom. The van der Waals surface area contributed by atoms with Crippen molar-refractivity contribution in [3.63, 3.8) is 0 Å². The first kappa shape index (κ1) is 27.5. The van der Waals surface area contributed by atoms with E-state index in [4.69, 9.17) is 19.3 Å². The highest BCUT2D eigenvalue weighted by molar-refractivity contribution is 6.19. The van der Waals surface area contributed by atoms with Gasteiger partial charge < -0.3 is 14.2 Å². The van der Waals surface area contributed by atoms with E-state index in [0.717, 1.165) is 21.9 Å². The first-order valence-electron chi connectivity index (χ1n) is 13.8. The third-order valence-electron chi connectivity index (χ3n) is 7.17. The van der Waals surface area contributed by atoms with Crippen LogP contribution in [0.1, 0.15) is 31.9 Å². The zero-order valence-electron chi connectivity index (χ0n) is 23.9. The van der Waals surface area contributed by atoms with E-state index < -0.39 is 11.8 Å². The number of amides is 2. The molecule has 2 aliphatic rings. The Hall–Kier alpha value is -5.62. The Kier molecular flexibility index (Phi) is 7.26. The van der Waals surface area contributed by atoms with Crippen LogP contribution in [0.4, 0.5) is 0 Å². The van der Waals surface area contributed by atoms with Crippen molar-refractivity contribution in [3.05, 3.63) is 107 Å². The number of para-hydroxylation sites is 1. The maximum absolute atomic E-state index is 13.9. The van der Waals surface area contributed by atoms with E-state index in [-0.39, 0.29) is 30.6 Å². The zero-order valence-corrected chi connectivity index (χ0v) is 23.9. The van der Waals surface area contributed by atoms with Gasteiger partial charge in [0.2, 0.25) is 6.79 Å². The normalized spacial score (nSPS) is 15.4. The average Bonchev–Trinajstić information content (AvgIpc) is 3.65. The highest BCUT2D eigenvalue weighted by Crippen LogP contribution is 2.35. The molecular weight excluding hydrogens is 544 g/mol. The third-order valence-corrected chi connectivity index (χ3v) is 7.17. The predicted octanol–water partition coefficient (Wildman–Crippen LogP) is 5.85. The molecule has 3 aromatic carbocycles. The molecule has 43 heavy (non-hydrogen) atoms. The van der Waals surface area contributed by atoms with Crippen molar-refractivity contribution < 1.29 is 23.8 Å². The minimum atomic E-state index is -0.638. The number of hydrogen-bond donors (Lipinski definition) is 0. The van der Waals surface area contributed by atoms with Crippen LogP contribution in [0.15, 0.2) is 95.7 Å². The lowest BCUT2D eigenvalue weighted by Crippen LogP contribution is -2.42. The van der Waals surface area contributed by atoms with Crippen LogP contribution in [0.25, 0.3) is 23.0 Å². The van der Waals surface area contributed by atoms with E-state index in [0.29, 0.717) is 33.9 Å². The molecule has 0 fully saturated rings. The van der Waals surface area contributed by atoms with Gasteiger partial charge in [0.15, 0.2) is 11.5 Å². The highest BCUT2D eigenvalue weighted by Gasteiger charge is 2.36. The maximum atomic E-state index is 13.9. The second-order valence-corrected chi connectivity index (χ2v) is 10.5. The number of fused-ring (bicyclic) bond motifs is 1.